The van der Waals surface area contributed by atoms with Gasteiger partial charge >= 0.3 is 0 Å². The Hall–Kier alpha value is -4.46. The Morgan fingerprint density at radius 3 is 1.53 bits per heavy atom. The Morgan fingerprint density at radius 2 is 0.979 bits per heavy atom. The minimum atomic E-state index is -1.54. The average Bonchev–Trinajstić information content (AvgIpc) is 3.32. The van der Waals surface area contributed by atoms with Gasteiger partial charge in [-0.15, -0.1) is 0 Å². The van der Waals surface area contributed by atoms with Gasteiger partial charge in [0.1, 0.15) is 0 Å². The van der Waals surface area contributed by atoms with Gasteiger partial charge in [-0.1, -0.05) is 167 Å². The van der Waals surface area contributed by atoms with Crippen molar-refractivity contribution in [3.63, 3.8) is 0 Å². The van der Waals surface area contributed by atoms with Crippen molar-refractivity contribution in [2.75, 3.05) is 0 Å². The van der Waals surface area contributed by atoms with E-state index in [4.69, 9.17) is 19.1 Å². The summed E-state index contributed by atoms with van der Waals surface area (Å²) in [6.07, 6.45) is 0. The smallest absolute Gasteiger partial charge is 0.164 e. The Morgan fingerprint density at radius 1 is 0.511 bits per heavy atom. The van der Waals surface area contributed by atoms with Crippen LogP contribution in [0.15, 0.2) is 115 Å². The van der Waals surface area contributed by atoms with Crippen LogP contribution < -0.4 is 10.4 Å². The highest BCUT2D eigenvalue weighted by atomic mass is 28.3. The Labute approximate surface area is 287 Å². The van der Waals surface area contributed by atoms with E-state index in [-0.39, 0.29) is 41.0 Å². The zero-order valence-corrected chi connectivity index (χ0v) is 30.5. The molecule has 0 fully saturated rings. The van der Waals surface area contributed by atoms with Gasteiger partial charge in [0.2, 0.25) is 0 Å². The second kappa shape index (κ2) is 11.4. The lowest BCUT2D eigenvalue weighted by molar-refractivity contribution is 0.660. The van der Waals surface area contributed by atoms with Crippen molar-refractivity contribution in [1.29, 1.82) is 0 Å². The summed E-state index contributed by atoms with van der Waals surface area (Å²) in [4.78, 5) is 14.7. The largest absolute Gasteiger partial charge is 0.208 e. The third-order valence-electron chi connectivity index (χ3n) is 9.37. The van der Waals surface area contributed by atoms with Gasteiger partial charge in [0.05, 0.1) is 21.6 Å². The first-order valence-electron chi connectivity index (χ1n) is 18.3. The fraction of sp³-hybridized carbons (Fsp3) is 0.214. The van der Waals surface area contributed by atoms with E-state index < -0.39 is 16.1 Å². The first-order chi connectivity index (χ1) is 24.0. The maximum absolute atomic E-state index is 9.55. The highest BCUT2D eigenvalue weighted by Gasteiger charge is 2.35. The molecule has 0 spiro atoms. The highest BCUT2D eigenvalue weighted by molar-refractivity contribution is 6.89. The third-order valence-corrected chi connectivity index (χ3v) is 13.5. The molecule has 3 nitrogen and oxygen atoms in total. The van der Waals surface area contributed by atoms with Crippen molar-refractivity contribution >= 4 is 26.5 Å². The van der Waals surface area contributed by atoms with E-state index >= 15 is 0 Å². The Kier molecular flexibility index (Phi) is 6.43. The number of aromatic nitrogens is 3. The zero-order chi connectivity index (χ0) is 36.6. The van der Waals surface area contributed by atoms with E-state index in [2.05, 4.69) is 108 Å². The van der Waals surface area contributed by atoms with E-state index in [0.29, 0.717) is 22.8 Å². The van der Waals surface area contributed by atoms with Crippen LogP contribution >= 0.6 is 0 Å². The molecule has 234 valence electrons. The van der Waals surface area contributed by atoms with Crippen LogP contribution in [0.3, 0.4) is 0 Å². The highest BCUT2D eigenvalue weighted by Crippen LogP contribution is 2.49. The summed E-state index contributed by atoms with van der Waals surface area (Å²) in [7, 11) is -3.09. The molecule has 0 unspecified atom stereocenters. The second-order valence-electron chi connectivity index (χ2n) is 15.1. The van der Waals surface area contributed by atoms with E-state index in [9.17, 15) is 1.37 Å². The molecule has 1 aliphatic carbocycles. The van der Waals surface area contributed by atoms with E-state index in [0.717, 1.165) is 22.3 Å². The van der Waals surface area contributed by atoms with E-state index in [1.807, 2.05) is 36.4 Å². The van der Waals surface area contributed by atoms with Crippen LogP contribution in [-0.4, -0.2) is 31.1 Å². The Bertz CT molecular complexity index is 2260. The van der Waals surface area contributed by atoms with Gasteiger partial charge in [-0.2, -0.15) is 0 Å². The van der Waals surface area contributed by atoms with Crippen LogP contribution in [0.1, 0.15) is 30.5 Å². The number of benzene rings is 5. The molecular formula is C42H43N3Si2. The van der Waals surface area contributed by atoms with E-state index in [1.165, 1.54) is 21.5 Å². The van der Waals surface area contributed by atoms with Crippen LogP contribution in [0.4, 0.5) is 0 Å². The number of rotatable bonds is 6. The van der Waals surface area contributed by atoms with Gasteiger partial charge in [0, 0.05) is 22.1 Å². The van der Waals surface area contributed by atoms with Crippen LogP contribution in [0.25, 0.3) is 56.4 Å². The standard InChI is InChI=1S/C42H43N3Si2/c1-42(2)37-15-10-9-14-35(37)36-25-20-31(27-38(36)42)30-12-11-13-32(26-30)41-44-39(28-16-21-33(22-17-28)46(3,4)5)43-40(45-41)29-18-23-34(24-19-29)47(6,7)8/h9-27H,1-8H3/i11D,12D,13D,26D. The lowest BCUT2D eigenvalue weighted by Crippen LogP contribution is -2.37. The SMILES string of the molecule is [2H]c1c([2H])c(-c2ccc3c(c2)C(C)(C)c2ccccc2-3)c([2H])c(-c2nc(-c3ccc([Si](C)(C)C)cc3)nc(-c3ccc([Si](C)(C)C)cc3)n2)c1[2H]. The fourth-order valence-electron chi connectivity index (χ4n) is 6.44. The molecule has 6 aromatic rings. The summed E-state index contributed by atoms with van der Waals surface area (Å²) in [5, 5.41) is 2.64. The minimum absolute atomic E-state index is 0.0412. The van der Waals surface area contributed by atoms with Crippen LogP contribution in [-0.2, 0) is 5.41 Å². The molecule has 7 rings (SSSR count). The average molecular weight is 650 g/mol. The summed E-state index contributed by atoms with van der Waals surface area (Å²) >= 11 is 0. The normalized spacial score (nSPS) is 14.9. The Balaban J connectivity index is 1.43. The second-order valence-corrected chi connectivity index (χ2v) is 25.3. The first kappa shape index (κ1) is 26.6. The van der Waals surface area contributed by atoms with Crippen molar-refractivity contribution in [3.05, 3.63) is 126 Å². The molecule has 0 radical (unpaired) electrons. The summed E-state index contributed by atoms with van der Waals surface area (Å²) in [6.45, 7) is 18.2. The summed E-state index contributed by atoms with van der Waals surface area (Å²) in [5.41, 5.74) is 7.08. The molecule has 5 heteroatoms. The number of hydrogen-bond donors (Lipinski definition) is 0. The monoisotopic (exact) mass is 649 g/mol. The topological polar surface area (TPSA) is 38.7 Å². The minimum Gasteiger partial charge on any atom is -0.208 e. The molecule has 0 aliphatic heterocycles. The van der Waals surface area contributed by atoms with Gasteiger partial charge < -0.3 is 0 Å². The van der Waals surface area contributed by atoms with Crippen molar-refractivity contribution in [3.8, 4) is 56.4 Å². The van der Waals surface area contributed by atoms with Crippen molar-refractivity contribution in [2.24, 2.45) is 0 Å². The molecule has 0 atom stereocenters. The van der Waals surface area contributed by atoms with Crippen LogP contribution in [0.5, 0.6) is 0 Å². The first-order valence-corrected chi connectivity index (χ1v) is 23.3. The van der Waals surface area contributed by atoms with Crippen LogP contribution in [0, 0.1) is 0 Å². The third kappa shape index (κ3) is 5.83. The maximum atomic E-state index is 9.55. The van der Waals surface area contributed by atoms with Crippen molar-refractivity contribution in [1.82, 2.24) is 15.0 Å². The van der Waals surface area contributed by atoms with Crippen molar-refractivity contribution < 1.29 is 5.48 Å². The fourth-order valence-corrected chi connectivity index (χ4v) is 8.78. The molecule has 0 saturated carbocycles. The number of hydrogen-bond acceptors (Lipinski definition) is 3. The molecule has 0 bridgehead atoms. The molecular weight excluding hydrogens is 603 g/mol. The molecule has 0 saturated heterocycles. The molecule has 1 aromatic heterocycles. The maximum Gasteiger partial charge on any atom is 0.164 e. The van der Waals surface area contributed by atoms with Gasteiger partial charge in [-0.05, 0) is 45.5 Å². The number of fused-ring (bicyclic) bond motifs is 3. The summed E-state index contributed by atoms with van der Waals surface area (Å²) in [6, 6.07) is 30.4. The van der Waals surface area contributed by atoms with Gasteiger partial charge in [0.25, 0.3) is 0 Å². The predicted octanol–water partition coefficient (Wildman–Crippen LogP) is 9.94. The lowest BCUT2D eigenvalue weighted by Gasteiger charge is -2.22. The molecule has 0 N–H and O–H groups in total. The molecule has 47 heavy (non-hydrogen) atoms. The molecule has 5 aromatic carbocycles. The van der Waals surface area contributed by atoms with Gasteiger partial charge in [-0.3, -0.25) is 0 Å². The molecule has 1 aliphatic rings. The quantitative estimate of drug-likeness (QED) is 0.169. The van der Waals surface area contributed by atoms with Crippen LogP contribution in [0.2, 0.25) is 39.3 Å². The molecule has 0 amide bonds. The lowest BCUT2D eigenvalue weighted by atomic mass is 9.81. The summed E-state index contributed by atoms with van der Waals surface area (Å²) in [5.74, 6) is 1.02. The zero-order valence-electron chi connectivity index (χ0n) is 32.5. The van der Waals surface area contributed by atoms with Gasteiger partial charge in [0.15, 0.2) is 17.5 Å². The predicted molar refractivity (Wildman–Crippen MR) is 205 cm³/mol. The molecule has 1 heterocycles. The number of nitrogens with zero attached hydrogens (tertiary/aromatic N) is 3. The van der Waals surface area contributed by atoms with Crippen molar-refractivity contribution in [2.45, 2.75) is 58.5 Å². The van der Waals surface area contributed by atoms with Gasteiger partial charge in [-0.25, -0.2) is 15.0 Å². The van der Waals surface area contributed by atoms with E-state index in [1.54, 1.807) is 0 Å². The summed E-state index contributed by atoms with van der Waals surface area (Å²) < 4.78 is 36.6.